The molecule has 74 valence electrons. The van der Waals surface area contributed by atoms with Gasteiger partial charge < -0.3 is 5.32 Å². The van der Waals surface area contributed by atoms with E-state index in [1.165, 1.54) is 4.70 Å². The molecule has 0 spiro atoms. The van der Waals surface area contributed by atoms with Crippen molar-refractivity contribution in [3.05, 3.63) is 23.7 Å². The summed E-state index contributed by atoms with van der Waals surface area (Å²) in [4.78, 5) is 4.03. The maximum absolute atomic E-state index is 4.42. The zero-order valence-corrected chi connectivity index (χ0v) is 9.82. The second-order valence-electron chi connectivity index (χ2n) is 3.72. The van der Waals surface area contributed by atoms with Gasteiger partial charge in [0.2, 0.25) is 0 Å². The van der Waals surface area contributed by atoms with Crippen LogP contribution in [-0.4, -0.2) is 9.85 Å². The van der Waals surface area contributed by atoms with Gasteiger partial charge in [-0.3, -0.25) is 0 Å². The first-order valence-corrected chi connectivity index (χ1v) is 5.71. The van der Waals surface area contributed by atoms with Crippen molar-refractivity contribution >= 4 is 39.9 Å². The fraction of sp³-hybridized carbons (Fsp3) is 0.300. The van der Waals surface area contributed by atoms with E-state index in [2.05, 4.69) is 29.0 Å². The largest absolute Gasteiger partial charge is 0.371 e. The van der Waals surface area contributed by atoms with Crippen molar-refractivity contribution in [2.45, 2.75) is 18.7 Å². The molecule has 0 aliphatic heterocycles. The Hall–Kier alpha value is -0.740. The van der Waals surface area contributed by atoms with Crippen molar-refractivity contribution in [1.29, 1.82) is 0 Å². The summed E-state index contributed by atoms with van der Waals surface area (Å²) in [5, 5.41) is 3.31. The van der Waals surface area contributed by atoms with Crippen LogP contribution in [0.4, 0.5) is 5.69 Å². The number of thiazole rings is 1. The molecular weight excluding hydrogens is 212 g/mol. The van der Waals surface area contributed by atoms with Crippen LogP contribution in [0.3, 0.4) is 0 Å². The molecule has 1 aromatic carbocycles. The number of aromatic nitrogens is 1. The van der Waals surface area contributed by atoms with Crippen molar-refractivity contribution in [3.63, 3.8) is 0 Å². The van der Waals surface area contributed by atoms with Crippen LogP contribution in [0.2, 0.25) is 0 Å². The molecule has 0 bridgehead atoms. The van der Waals surface area contributed by atoms with E-state index in [1.54, 1.807) is 11.3 Å². The standard InChI is InChI=1S/C10H12N2S2/c1-10(2,13)12-7-3-4-8-9(5-7)14-6-11-8/h3-6,12-13H,1-2H3. The summed E-state index contributed by atoms with van der Waals surface area (Å²) in [6, 6.07) is 6.15. The van der Waals surface area contributed by atoms with E-state index < -0.39 is 0 Å². The highest BCUT2D eigenvalue weighted by Crippen LogP contribution is 2.24. The van der Waals surface area contributed by atoms with Crippen LogP contribution in [0.15, 0.2) is 23.7 Å². The summed E-state index contributed by atoms with van der Waals surface area (Å²) in [6.45, 7) is 4.04. The number of benzene rings is 1. The van der Waals surface area contributed by atoms with Crippen molar-refractivity contribution in [3.8, 4) is 0 Å². The third kappa shape index (κ3) is 2.19. The maximum atomic E-state index is 4.42. The van der Waals surface area contributed by atoms with Crippen LogP contribution in [0.5, 0.6) is 0 Å². The maximum Gasteiger partial charge on any atom is 0.0813 e. The lowest BCUT2D eigenvalue weighted by Gasteiger charge is -2.20. The second kappa shape index (κ2) is 3.44. The summed E-state index contributed by atoms with van der Waals surface area (Å²) in [5.74, 6) is 0. The van der Waals surface area contributed by atoms with E-state index in [9.17, 15) is 0 Å². The number of hydrogen-bond acceptors (Lipinski definition) is 4. The fourth-order valence-corrected chi connectivity index (χ4v) is 2.13. The van der Waals surface area contributed by atoms with E-state index in [0.717, 1.165) is 11.2 Å². The van der Waals surface area contributed by atoms with E-state index in [1.807, 2.05) is 31.5 Å². The number of nitrogens with one attached hydrogen (secondary N) is 1. The molecule has 0 atom stereocenters. The van der Waals surface area contributed by atoms with E-state index in [0.29, 0.717) is 0 Å². The van der Waals surface area contributed by atoms with Crippen LogP contribution in [-0.2, 0) is 0 Å². The van der Waals surface area contributed by atoms with Crippen molar-refractivity contribution < 1.29 is 0 Å². The molecule has 1 heterocycles. The number of thiol groups is 1. The smallest absolute Gasteiger partial charge is 0.0813 e. The van der Waals surface area contributed by atoms with Gasteiger partial charge in [0.15, 0.2) is 0 Å². The van der Waals surface area contributed by atoms with Crippen molar-refractivity contribution in [1.82, 2.24) is 4.98 Å². The normalized spacial score (nSPS) is 11.9. The average Bonchev–Trinajstić information content (AvgIpc) is 2.47. The lowest BCUT2D eigenvalue weighted by atomic mass is 10.2. The molecule has 0 unspecified atom stereocenters. The Morgan fingerprint density at radius 2 is 2.21 bits per heavy atom. The highest BCUT2D eigenvalue weighted by molar-refractivity contribution is 7.81. The number of anilines is 1. The molecule has 2 nitrogen and oxygen atoms in total. The van der Waals surface area contributed by atoms with E-state index in [-0.39, 0.29) is 4.87 Å². The van der Waals surface area contributed by atoms with Gasteiger partial charge in [-0.1, -0.05) is 0 Å². The van der Waals surface area contributed by atoms with Gasteiger partial charge in [-0.2, -0.15) is 12.6 Å². The van der Waals surface area contributed by atoms with Crippen LogP contribution < -0.4 is 5.32 Å². The molecule has 1 N–H and O–H groups in total. The number of hydrogen-bond donors (Lipinski definition) is 2. The molecule has 0 radical (unpaired) electrons. The molecule has 2 aromatic rings. The number of rotatable bonds is 2. The molecular formula is C10H12N2S2. The molecule has 14 heavy (non-hydrogen) atoms. The Kier molecular flexibility index (Phi) is 2.41. The van der Waals surface area contributed by atoms with Crippen molar-refractivity contribution in [2.75, 3.05) is 5.32 Å². The van der Waals surface area contributed by atoms with E-state index >= 15 is 0 Å². The fourth-order valence-electron chi connectivity index (χ4n) is 1.29. The predicted molar refractivity (Wildman–Crippen MR) is 66.3 cm³/mol. The minimum Gasteiger partial charge on any atom is -0.371 e. The number of nitrogens with zero attached hydrogens (tertiary/aromatic N) is 1. The summed E-state index contributed by atoms with van der Waals surface area (Å²) in [5.41, 5.74) is 4.00. The minimum atomic E-state index is -0.196. The summed E-state index contributed by atoms with van der Waals surface area (Å²) >= 11 is 6.07. The molecule has 0 amide bonds. The molecule has 1 aromatic heterocycles. The zero-order valence-electron chi connectivity index (χ0n) is 8.11. The molecule has 2 rings (SSSR count). The van der Waals surface area contributed by atoms with E-state index in [4.69, 9.17) is 0 Å². The van der Waals surface area contributed by atoms with Crippen LogP contribution in [0.1, 0.15) is 13.8 Å². The number of fused-ring (bicyclic) bond motifs is 1. The molecule has 0 saturated heterocycles. The summed E-state index contributed by atoms with van der Waals surface area (Å²) in [6.07, 6.45) is 0. The van der Waals surface area contributed by atoms with Gasteiger partial charge in [0.1, 0.15) is 0 Å². The quantitative estimate of drug-likeness (QED) is 0.604. The van der Waals surface area contributed by atoms with Gasteiger partial charge in [0.25, 0.3) is 0 Å². The van der Waals surface area contributed by atoms with Gasteiger partial charge in [-0.15, -0.1) is 11.3 Å². The Balaban J connectivity index is 2.35. The lowest BCUT2D eigenvalue weighted by Crippen LogP contribution is -2.22. The topological polar surface area (TPSA) is 24.9 Å². The Labute approximate surface area is 92.8 Å². The van der Waals surface area contributed by atoms with Crippen LogP contribution >= 0.6 is 24.0 Å². The van der Waals surface area contributed by atoms with Gasteiger partial charge in [0.05, 0.1) is 20.6 Å². The monoisotopic (exact) mass is 224 g/mol. The highest BCUT2D eigenvalue weighted by Gasteiger charge is 2.10. The van der Waals surface area contributed by atoms with Gasteiger partial charge >= 0.3 is 0 Å². The lowest BCUT2D eigenvalue weighted by molar-refractivity contribution is 0.831. The van der Waals surface area contributed by atoms with Gasteiger partial charge in [-0.25, -0.2) is 4.98 Å². The Morgan fingerprint density at radius 1 is 1.43 bits per heavy atom. The Morgan fingerprint density at radius 3 is 2.93 bits per heavy atom. The third-order valence-electron chi connectivity index (χ3n) is 1.78. The molecule has 0 aliphatic rings. The summed E-state index contributed by atoms with van der Waals surface area (Å²) in [7, 11) is 0. The zero-order chi connectivity index (χ0) is 10.2. The average molecular weight is 224 g/mol. The molecule has 0 saturated carbocycles. The predicted octanol–water partition coefficient (Wildman–Crippen LogP) is 3.37. The SMILES string of the molecule is CC(C)(S)Nc1ccc2ncsc2c1. The minimum absolute atomic E-state index is 0.196. The molecule has 4 heteroatoms. The van der Waals surface area contributed by atoms with Crippen LogP contribution in [0.25, 0.3) is 10.2 Å². The van der Waals surface area contributed by atoms with Gasteiger partial charge in [0, 0.05) is 5.69 Å². The van der Waals surface area contributed by atoms with Gasteiger partial charge in [-0.05, 0) is 32.0 Å². The molecule has 0 aliphatic carbocycles. The summed E-state index contributed by atoms with van der Waals surface area (Å²) < 4.78 is 1.20. The Bertz CT molecular complexity index is 443. The third-order valence-corrected chi connectivity index (χ3v) is 2.69. The molecule has 0 fully saturated rings. The first-order valence-electron chi connectivity index (χ1n) is 4.38. The van der Waals surface area contributed by atoms with Crippen molar-refractivity contribution in [2.24, 2.45) is 0 Å². The van der Waals surface area contributed by atoms with Crippen LogP contribution in [0, 0.1) is 0 Å². The highest BCUT2D eigenvalue weighted by atomic mass is 32.1. The first-order chi connectivity index (χ1) is 6.54. The second-order valence-corrected chi connectivity index (χ2v) is 5.72. The first kappa shape index (κ1) is 9.80.